The van der Waals surface area contributed by atoms with Gasteiger partial charge in [-0.25, -0.2) is 8.42 Å². The summed E-state index contributed by atoms with van der Waals surface area (Å²) in [5.74, 6) is -0.407. The summed E-state index contributed by atoms with van der Waals surface area (Å²) in [5.41, 5.74) is 0.824. The SMILES string of the molecule is CC[NH+](CC(=O)Nc1cc(Cl)ccc1C)CC(=O)N[C@]1(C)CCS(=O)(=O)C1. The Hall–Kier alpha value is -1.64. The zero-order chi connectivity index (χ0) is 20.2. The average molecular weight is 417 g/mol. The lowest BCUT2D eigenvalue weighted by molar-refractivity contribution is -0.881. The van der Waals surface area contributed by atoms with Crippen molar-refractivity contribution in [2.24, 2.45) is 0 Å². The second kappa shape index (κ2) is 8.58. The molecule has 0 aliphatic carbocycles. The van der Waals surface area contributed by atoms with Gasteiger partial charge in [0.25, 0.3) is 11.8 Å². The Morgan fingerprint density at radius 2 is 1.93 bits per heavy atom. The third-order valence-electron chi connectivity index (χ3n) is 4.74. The van der Waals surface area contributed by atoms with E-state index >= 15 is 0 Å². The summed E-state index contributed by atoms with van der Waals surface area (Å²) in [4.78, 5) is 25.5. The Kier molecular flexibility index (Phi) is 6.88. The summed E-state index contributed by atoms with van der Waals surface area (Å²) in [6, 6.07) is 5.27. The van der Waals surface area contributed by atoms with Gasteiger partial charge in [0.05, 0.1) is 23.6 Å². The van der Waals surface area contributed by atoms with E-state index in [1.165, 1.54) is 0 Å². The molecule has 0 spiro atoms. The highest BCUT2D eigenvalue weighted by molar-refractivity contribution is 7.91. The summed E-state index contributed by atoms with van der Waals surface area (Å²) in [6.07, 6.45) is 0.414. The molecular formula is C18H27ClN3O4S+. The van der Waals surface area contributed by atoms with Gasteiger partial charge in [-0.05, 0) is 44.9 Å². The summed E-state index contributed by atoms with van der Waals surface area (Å²) >= 11 is 5.96. The van der Waals surface area contributed by atoms with E-state index in [4.69, 9.17) is 11.6 Å². The van der Waals surface area contributed by atoms with Crippen molar-refractivity contribution in [1.29, 1.82) is 0 Å². The Bertz CT molecular complexity index is 828. The molecule has 2 rings (SSSR count). The third-order valence-corrected chi connectivity index (χ3v) is 6.88. The van der Waals surface area contributed by atoms with Crippen LogP contribution in [0.25, 0.3) is 0 Å². The molecule has 27 heavy (non-hydrogen) atoms. The molecule has 0 bridgehead atoms. The topological polar surface area (TPSA) is 96.8 Å². The largest absolute Gasteiger partial charge is 0.345 e. The van der Waals surface area contributed by atoms with Crippen LogP contribution in [0.15, 0.2) is 18.2 Å². The summed E-state index contributed by atoms with van der Waals surface area (Å²) in [6.45, 7) is 6.33. The third kappa shape index (κ3) is 6.48. The maximum atomic E-state index is 12.3. The fraction of sp³-hybridized carbons (Fsp3) is 0.556. The fourth-order valence-electron chi connectivity index (χ4n) is 3.18. The number of amides is 2. The van der Waals surface area contributed by atoms with E-state index in [0.29, 0.717) is 23.7 Å². The molecule has 0 aromatic heterocycles. The number of hydrogen-bond donors (Lipinski definition) is 3. The lowest BCUT2D eigenvalue weighted by Crippen LogP contribution is -3.14. The first-order valence-electron chi connectivity index (χ1n) is 8.93. The maximum absolute atomic E-state index is 12.3. The number of sulfone groups is 1. The van der Waals surface area contributed by atoms with Gasteiger partial charge in [-0.2, -0.15) is 0 Å². The zero-order valence-electron chi connectivity index (χ0n) is 15.9. The van der Waals surface area contributed by atoms with Gasteiger partial charge >= 0.3 is 0 Å². The van der Waals surface area contributed by atoms with Crippen LogP contribution in [0.5, 0.6) is 0 Å². The van der Waals surface area contributed by atoms with Crippen molar-refractivity contribution in [2.45, 2.75) is 32.7 Å². The van der Waals surface area contributed by atoms with Crippen LogP contribution in [0.2, 0.25) is 5.02 Å². The van der Waals surface area contributed by atoms with E-state index in [2.05, 4.69) is 10.6 Å². The van der Waals surface area contributed by atoms with Crippen LogP contribution in [0.4, 0.5) is 5.69 Å². The molecule has 9 heteroatoms. The molecule has 1 aromatic rings. The van der Waals surface area contributed by atoms with Crippen molar-refractivity contribution in [3.8, 4) is 0 Å². The number of hydrogen-bond acceptors (Lipinski definition) is 4. The van der Waals surface area contributed by atoms with Crippen LogP contribution in [-0.2, 0) is 19.4 Å². The molecule has 1 saturated heterocycles. The number of anilines is 1. The normalized spacial score (nSPS) is 22.2. The number of halogens is 1. The molecule has 1 fully saturated rings. The van der Waals surface area contributed by atoms with Crippen LogP contribution in [-0.4, -0.2) is 56.9 Å². The smallest absolute Gasteiger partial charge is 0.279 e. The molecule has 1 aromatic carbocycles. The minimum atomic E-state index is -3.09. The standard InChI is InChI=1S/C18H26ClN3O4S/c1-4-22(10-16(23)20-15-9-14(19)6-5-13(15)2)11-17(24)21-18(3)7-8-27(25,26)12-18/h5-6,9H,4,7-8,10-12H2,1-3H3,(H,20,23)(H,21,24)/p+1/t18-/m1/s1. The molecule has 1 unspecified atom stereocenters. The van der Waals surface area contributed by atoms with E-state index in [0.717, 1.165) is 10.5 Å². The predicted molar refractivity (Wildman–Crippen MR) is 106 cm³/mol. The number of benzene rings is 1. The number of nitrogens with one attached hydrogen (secondary N) is 3. The Labute approximate surface area is 165 Å². The Morgan fingerprint density at radius 1 is 1.26 bits per heavy atom. The molecule has 150 valence electrons. The van der Waals surface area contributed by atoms with Gasteiger partial charge in [0, 0.05) is 10.7 Å². The van der Waals surface area contributed by atoms with Crippen molar-refractivity contribution >= 4 is 38.9 Å². The summed E-state index contributed by atoms with van der Waals surface area (Å²) in [7, 11) is -3.09. The number of rotatable bonds is 7. The molecule has 0 saturated carbocycles. The lowest BCUT2D eigenvalue weighted by Gasteiger charge is -2.25. The van der Waals surface area contributed by atoms with E-state index in [9.17, 15) is 18.0 Å². The van der Waals surface area contributed by atoms with Crippen LogP contribution in [0.1, 0.15) is 25.8 Å². The summed E-state index contributed by atoms with van der Waals surface area (Å²) < 4.78 is 23.3. The zero-order valence-corrected chi connectivity index (χ0v) is 17.5. The highest BCUT2D eigenvalue weighted by Gasteiger charge is 2.39. The van der Waals surface area contributed by atoms with Crippen LogP contribution >= 0.6 is 11.6 Å². The van der Waals surface area contributed by atoms with Gasteiger partial charge in [0.15, 0.2) is 22.9 Å². The van der Waals surface area contributed by atoms with Crippen molar-refractivity contribution in [3.05, 3.63) is 28.8 Å². The lowest BCUT2D eigenvalue weighted by atomic mass is 10.0. The van der Waals surface area contributed by atoms with Gasteiger partial charge < -0.3 is 15.5 Å². The monoisotopic (exact) mass is 416 g/mol. The molecule has 2 amide bonds. The Morgan fingerprint density at radius 3 is 2.52 bits per heavy atom. The van der Waals surface area contributed by atoms with Gasteiger partial charge in [0.2, 0.25) is 0 Å². The van der Waals surface area contributed by atoms with Crippen LogP contribution in [0, 0.1) is 6.92 Å². The van der Waals surface area contributed by atoms with E-state index in [1.54, 1.807) is 19.1 Å². The van der Waals surface area contributed by atoms with Crippen LogP contribution < -0.4 is 15.5 Å². The van der Waals surface area contributed by atoms with Crippen molar-refractivity contribution in [2.75, 3.05) is 36.5 Å². The molecule has 1 aliphatic heterocycles. The highest BCUT2D eigenvalue weighted by Crippen LogP contribution is 2.22. The van der Waals surface area contributed by atoms with Gasteiger partial charge in [-0.3, -0.25) is 9.59 Å². The van der Waals surface area contributed by atoms with E-state index in [-0.39, 0.29) is 36.4 Å². The molecule has 0 radical (unpaired) electrons. The first-order valence-corrected chi connectivity index (χ1v) is 11.1. The molecule has 3 N–H and O–H groups in total. The van der Waals surface area contributed by atoms with E-state index < -0.39 is 15.4 Å². The first-order chi connectivity index (χ1) is 12.5. The second-order valence-electron chi connectivity index (χ2n) is 7.42. The molecule has 1 heterocycles. The summed E-state index contributed by atoms with van der Waals surface area (Å²) in [5, 5.41) is 6.19. The molecular weight excluding hydrogens is 390 g/mol. The number of likely N-dealkylation sites (N-methyl/N-ethyl adjacent to an activating group) is 1. The van der Waals surface area contributed by atoms with Crippen molar-refractivity contribution < 1.29 is 22.9 Å². The van der Waals surface area contributed by atoms with Crippen molar-refractivity contribution in [3.63, 3.8) is 0 Å². The Balaban J connectivity index is 1.90. The number of carbonyl (C=O) groups excluding carboxylic acids is 2. The van der Waals surface area contributed by atoms with Gasteiger partial charge in [0.1, 0.15) is 0 Å². The predicted octanol–water partition coefficient (Wildman–Crippen LogP) is 0.185. The van der Waals surface area contributed by atoms with Gasteiger partial charge in [-0.1, -0.05) is 17.7 Å². The first kappa shape index (κ1) is 21.7. The van der Waals surface area contributed by atoms with Crippen molar-refractivity contribution in [1.82, 2.24) is 5.32 Å². The molecule has 2 atom stereocenters. The number of carbonyl (C=O) groups is 2. The molecule has 7 nitrogen and oxygen atoms in total. The maximum Gasteiger partial charge on any atom is 0.279 e. The quantitative estimate of drug-likeness (QED) is 0.591. The highest BCUT2D eigenvalue weighted by atomic mass is 35.5. The van der Waals surface area contributed by atoms with Crippen LogP contribution in [0.3, 0.4) is 0 Å². The number of aryl methyl sites for hydroxylation is 1. The fourth-order valence-corrected chi connectivity index (χ4v) is 5.44. The average Bonchev–Trinajstić information content (AvgIpc) is 2.83. The number of quaternary nitrogens is 1. The molecule has 1 aliphatic rings. The minimum Gasteiger partial charge on any atom is -0.345 e. The van der Waals surface area contributed by atoms with Gasteiger partial charge in [-0.15, -0.1) is 0 Å². The van der Waals surface area contributed by atoms with E-state index in [1.807, 2.05) is 19.9 Å². The second-order valence-corrected chi connectivity index (χ2v) is 10.0. The minimum absolute atomic E-state index is 0.0400.